The molecular weight excluding hydrogens is 412 g/mol. The Kier molecular flexibility index (Phi) is 6.99. The van der Waals surface area contributed by atoms with Crippen LogP contribution in [0, 0.1) is 0 Å². The Balaban J connectivity index is 2.34. The molecule has 0 saturated carbocycles. The Morgan fingerprint density at radius 1 is 1.30 bits per heavy atom. The summed E-state index contributed by atoms with van der Waals surface area (Å²) in [4.78, 5) is 25.1. The third kappa shape index (κ3) is 5.07. The first-order valence-electron chi connectivity index (χ1n) is 7.80. The third-order valence-electron chi connectivity index (χ3n) is 3.75. The summed E-state index contributed by atoms with van der Waals surface area (Å²) < 4.78 is 30.3. The van der Waals surface area contributed by atoms with E-state index >= 15 is 0 Å². The lowest BCUT2D eigenvalue weighted by Crippen LogP contribution is -2.30. The van der Waals surface area contributed by atoms with Crippen molar-refractivity contribution in [3.63, 3.8) is 0 Å². The van der Waals surface area contributed by atoms with Gasteiger partial charge >= 0.3 is 5.97 Å². The molecule has 1 amide bonds. The lowest BCUT2D eigenvalue weighted by Gasteiger charge is -2.18. The predicted molar refractivity (Wildman–Crippen MR) is 103 cm³/mol. The summed E-state index contributed by atoms with van der Waals surface area (Å²) in [7, 11) is 0.336. The van der Waals surface area contributed by atoms with E-state index in [2.05, 4.69) is 10.1 Å². The lowest BCUT2D eigenvalue weighted by atomic mass is 10.1. The maximum Gasteiger partial charge on any atom is 0.307 e. The van der Waals surface area contributed by atoms with Crippen molar-refractivity contribution in [3.8, 4) is 0 Å². The number of nitrogens with zero attached hydrogens (tertiary/aromatic N) is 1. The average Bonchev–Trinajstić information content (AvgIpc) is 3.15. The smallest absolute Gasteiger partial charge is 0.307 e. The monoisotopic (exact) mass is 430 g/mol. The number of hydrogen-bond acceptors (Lipinski definition) is 6. The van der Waals surface area contributed by atoms with Gasteiger partial charge in [0.05, 0.1) is 35.1 Å². The number of carbonyl (C=O) groups is 2. The molecule has 1 heterocycles. The number of ether oxygens (including phenoxy) is 1. The Morgan fingerprint density at radius 3 is 2.56 bits per heavy atom. The number of halogens is 1. The van der Waals surface area contributed by atoms with Crippen LogP contribution in [0.2, 0.25) is 5.02 Å². The first-order chi connectivity index (χ1) is 12.7. The number of hydrogen-bond donors (Lipinski definition) is 1. The Labute approximate surface area is 166 Å². The van der Waals surface area contributed by atoms with E-state index in [-0.39, 0.29) is 21.9 Å². The number of rotatable bonds is 7. The molecule has 27 heavy (non-hydrogen) atoms. The number of sulfonamides is 1. The van der Waals surface area contributed by atoms with Crippen LogP contribution < -0.4 is 5.32 Å². The number of carbonyl (C=O) groups excluding carboxylic acids is 2. The molecule has 0 unspecified atom stereocenters. The summed E-state index contributed by atoms with van der Waals surface area (Å²) in [6.07, 6.45) is -0.0595. The molecule has 0 aliphatic heterocycles. The molecule has 2 aromatic rings. The van der Waals surface area contributed by atoms with Gasteiger partial charge < -0.3 is 10.1 Å². The highest BCUT2D eigenvalue weighted by atomic mass is 35.5. The van der Waals surface area contributed by atoms with Crippen LogP contribution in [0.1, 0.15) is 27.7 Å². The van der Waals surface area contributed by atoms with E-state index in [9.17, 15) is 18.0 Å². The van der Waals surface area contributed by atoms with Crippen molar-refractivity contribution < 1.29 is 22.7 Å². The quantitative estimate of drug-likeness (QED) is 0.681. The standard InChI is InChI=1S/C17H19ClN2O5S2/c1-20(2)27(23,24)11-6-7-13(18)12(9-11)17(22)19-14(10-16(21)25-3)15-5-4-8-26-15/h4-9,14H,10H2,1-3H3,(H,19,22)/t14-/m1/s1. The molecule has 146 valence electrons. The first kappa shape index (κ1) is 21.4. The molecule has 1 aromatic carbocycles. The van der Waals surface area contributed by atoms with E-state index in [4.69, 9.17) is 11.6 Å². The highest BCUT2D eigenvalue weighted by Crippen LogP contribution is 2.26. The zero-order valence-corrected chi connectivity index (χ0v) is 17.3. The van der Waals surface area contributed by atoms with Crippen LogP contribution in [-0.4, -0.2) is 45.8 Å². The van der Waals surface area contributed by atoms with Gasteiger partial charge in [-0.2, -0.15) is 0 Å². The van der Waals surface area contributed by atoms with Crippen LogP contribution in [0.5, 0.6) is 0 Å². The van der Waals surface area contributed by atoms with Gasteiger partial charge in [-0.15, -0.1) is 11.3 Å². The van der Waals surface area contributed by atoms with Crippen molar-refractivity contribution >= 4 is 44.8 Å². The van der Waals surface area contributed by atoms with E-state index in [1.165, 1.54) is 50.7 Å². The molecule has 0 aliphatic carbocycles. The fourth-order valence-electron chi connectivity index (χ4n) is 2.25. The molecule has 2 rings (SSSR count). The molecule has 10 heteroatoms. The number of benzene rings is 1. The van der Waals surface area contributed by atoms with E-state index in [0.717, 1.165) is 9.18 Å². The van der Waals surface area contributed by atoms with Gasteiger partial charge in [-0.05, 0) is 29.6 Å². The molecule has 1 aromatic heterocycles. The maximum atomic E-state index is 12.7. The molecule has 0 bridgehead atoms. The van der Waals surface area contributed by atoms with Gasteiger partial charge in [0.2, 0.25) is 10.0 Å². The predicted octanol–water partition coefficient (Wildman–Crippen LogP) is 2.69. The number of esters is 1. The van der Waals surface area contributed by atoms with Crippen molar-refractivity contribution in [2.75, 3.05) is 21.2 Å². The van der Waals surface area contributed by atoms with E-state index in [1.807, 2.05) is 5.38 Å². The van der Waals surface area contributed by atoms with Crippen molar-refractivity contribution in [3.05, 3.63) is 51.2 Å². The van der Waals surface area contributed by atoms with Gasteiger partial charge in [0.25, 0.3) is 5.91 Å². The Bertz CT molecular complexity index is 927. The fourth-order valence-corrected chi connectivity index (χ4v) is 4.16. The Morgan fingerprint density at radius 2 is 2.00 bits per heavy atom. The van der Waals surface area contributed by atoms with E-state index < -0.39 is 27.9 Å². The topological polar surface area (TPSA) is 92.8 Å². The molecule has 0 fully saturated rings. The number of methoxy groups -OCH3 is 1. The second-order valence-corrected chi connectivity index (χ2v) is 9.29. The van der Waals surface area contributed by atoms with Crippen molar-refractivity contribution in [2.24, 2.45) is 0 Å². The average molecular weight is 431 g/mol. The summed E-state index contributed by atoms with van der Waals surface area (Å²) in [5.41, 5.74) is 0.00557. The highest BCUT2D eigenvalue weighted by molar-refractivity contribution is 7.89. The van der Waals surface area contributed by atoms with E-state index in [0.29, 0.717) is 0 Å². The summed E-state index contributed by atoms with van der Waals surface area (Å²) in [6.45, 7) is 0. The molecule has 0 saturated heterocycles. The molecule has 0 spiro atoms. The van der Waals surface area contributed by atoms with Crippen molar-refractivity contribution in [1.29, 1.82) is 0 Å². The van der Waals surface area contributed by atoms with Gasteiger partial charge in [0, 0.05) is 19.0 Å². The molecule has 0 aliphatic rings. The fraction of sp³-hybridized carbons (Fsp3) is 0.294. The molecular formula is C17H19ClN2O5S2. The Hall–Kier alpha value is -1.94. The molecule has 1 N–H and O–H groups in total. The zero-order valence-electron chi connectivity index (χ0n) is 14.9. The summed E-state index contributed by atoms with van der Waals surface area (Å²) in [5.74, 6) is -1.07. The van der Waals surface area contributed by atoms with Crippen molar-refractivity contribution in [1.82, 2.24) is 9.62 Å². The summed E-state index contributed by atoms with van der Waals surface area (Å²) in [6, 6.07) is 6.87. The van der Waals surface area contributed by atoms with Gasteiger partial charge in [-0.1, -0.05) is 17.7 Å². The summed E-state index contributed by atoms with van der Waals surface area (Å²) in [5, 5.41) is 4.65. The van der Waals surface area contributed by atoms with Gasteiger partial charge in [0.15, 0.2) is 0 Å². The maximum absolute atomic E-state index is 12.7. The normalized spacial score (nSPS) is 12.6. The highest BCUT2D eigenvalue weighted by Gasteiger charge is 2.24. The minimum Gasteiger partial charge on any atom is -0.469 e. The molecule has 0 radical (unpaired) electrons. The number of thiophene rings is 1. The van der Waals surface area contributed by atoms with Gasteiger partial charge in [-0.25, -0.2) is 12.7 Å². The largest absolute Gasteiger partial charge is 0.469 e. The zero-order chi connectivity index (χ0) is 20.2. The minimum atomic E-state index is -3.72. The second kappa shape index (κ2) is 8.83. The van der Waals surface area contributed by atoms with Crippen LogP contribution in [0.15, 0.2) is 40.6 Å². The van der Waals surface area contributed by atoms with Crippen LogP contribution >= 0.6 is 22.9 Å². The summed E-state index contributed by atoms with van der Waals surface area (Å²) >= 11 is 7.48. The van der Waals surface area contributed by atoms with Crippen LogP contribution in [0.4, 0.5) is 0 Å². The van der Waals surface area contributed by atoms with Gasteiger partial charge in [0.1, 0.15) is 0 Å². The van der Waals surface area contributed by atoms with Crippen LogP contribution in [-0.2, 0) is 19.6 Å². The van der Waals surface area contributed by atoms with E-state index in [1.54, 1.807) is 12.1 Å². The van der Waals surface area contributed by atoms with Crippen LogP contribution in [0.3, 0.4) is 0 Å². The lowest BCUT2D eigenvalue weighted by molar-refractivity contribution is -0.141. The molecule has 7 nitrogen and oxygen atoms in total. The third-order valence-corrected chi connectivity index (χ3v) is 6.88. The first-order valence-corrected chi connectivity index (χ1v) is 10.5. The minimum absolute atomic E-state index is 0.00557. The molecule has 1 atom stereocenters. The second-order valence-electron chi connectivity index (χ2n) is 5.75. The SMILES string of the molecule is COC(=O)C[C@@H](NC(=O)c1cc(S(=O)(=O)N(C)C)ccc1Cl)c1cccs1. The van der Waals surface area contributed by atoms with Crippen molar-refractivity contribution in [2.45, 2.75) is 17.4 Å². The van der Waals surface area contributed by atoms with Crippen LogP contribution in [0.25, 0.3) is 0 Å². The number of nitrogens with one attached hydrogen (secondary N) is 1. The van der Waals surface area contributed by atoms with Gasteiger partial charge in [-0.3, -0.25) is 9.59 Å². The number of amides is 1.